The van der Waals surface area contributed by atoms with Crippen LogP contribution < -0.4 is 10.1 Å². The second-order valence-electron chi connectivity index (χ2n) is 2.76. The molecule has 0 atom stereocenters. The molecule has 0 spiro atoms. The molecule has 2 aromatic rings. The van der Waals surface area contributed by atoms with E-state index in [4.69, 9.17) is 4.74 Å². The van der Waals surface area contributed by atoms with Gasteiger partial charge in [-0.25, -0.2) is 0 Å². The summed E-state index contributed by atoms with van der Waals surface area (Å²) in [6.07, 6.45) is 0. The van der Waals surface area contributed by atoms with Crippen LogP contribution in [0.4, 0.5) is 5.69 Å². The Bertz CT molecular complexity index is 384. The first-order chi connectivity index (χ1) is 6.35. The van der Waals surface area contributed by atoms with Crippen molar-refractivity contribution in [3.63, 3.8) is 0 Å². The molecule has 0 saturated heterocycles. The summed E-state index contributed by atoms with van der Waals surface area (Å²) >= 11 is 1.74. The van der Waals surface area contributed by atoms with Gasteiger partial charge in [0.2, 0.25) is 0 Å². The van der Waals surface area contributed by atoms with Gasteiger partial charge < -0.3 is 10.1 Å². The summed E-state index contributed by atoms with van der Waals surface area (Å²) in [5.74, 6) is 0.897. The van der Waals surface area contributed by atoms with Crippen LogP contribution in [0.1, 0.15) is 0 Å². The van der Waals surface area contributed by atoms with Crippen LogP contribution in [-0.2, 0) is 0 Å². The van der Waals surface area contributed by atoms with Crippen LogP contribution in [0.25, 0.3) is 10.1 Å². The van der Waals surface area contributed by atoms with Crippen molar-refractivity contribution < 1.29 is 4.74 Å². The Morgan fingerprint density at radius 1 is 1.38 bits per heavy atom. The van der Waals surface area contributed by atoms with E-state index in [9.17, 15) is 0 Å². The lowest BCUT2D eigenvalue weighted by molar-refractivity contribution is 0.417. The molecule has 0 fully saturated rings. The maximum absolute atomic E-state index is 5.26. The van der Waals surface area contributed by atoms with Gasteiger partial charge in [-0.05, 0) is 29.0 Å². The van der Waals surface area contributed by atoms with E-state index < -0.39 is 0 Å². The lowest BCUT2D eigenvalue weighted by Gasteiger charge is -2.07. The molecule has 0 aliphatic carbocycles. The fourth-order valence-corrected chi connectivity index (χ4v) is 2.16. The lowest BCUT2D eigenvalue weighted by Crippen LogP contribution is -1.92. The first-order valence-electron chi connectivity index (χ1n) is 4.08. The van der Waals surface area contributed by atoms with Crippen LogP contribution in [0.15, 0.2) is 23.6 Å². The van der Waals surface area contributed by atoms with Crippen molar-refractivity contribution >= 4 is 27.1 Å². The van der Waals surface area contributed by atoms with Gasteiger partial charge >= 0.3 is 0 Å². The number of hydrogen-bond donors (Lipinski definition) is 1. The Balaban J connectivity index is 2.67. The molecule has 3 heteroatoms. The van der Waals surface area contributed by atoms with Gasteiger partial charge in [0.05, 0.1) is 12.8 Å². The minimum atomic E-state index is 0.897. The summed E-state index contributed by atoms with van der Waals surface area (Å²) in [4.78, 5) is 0. The number of ether oxygens (including phenoxy) is 1. The van der Waals surface area contributed by atoms with E-state index >= 15 is 0 Å². The Hall–Kier alpha value is -1.22. The highest BCUT2D eigenvalue weighted by Crippen LogP contribution is 2.32. The highest BCUT2D eigenvalue weighted by Gasteiger charge is 2.03. The average Bonchev–Trinajstić information content (AvgIpc) is 2.62. The number of thiophene rings is 1. The number of hydrogen-bond acceptors (Lipinski definition) is 3. The molecule has 1 aromatic heterocycles. The van der Waals surface area contributed by atoms with Crippen molar-refractivity contribution in [2.45, 2.75) is 0 Å². The third-order valence-corrected chi connectivity index (χ3v) is 2.92. The van der Waals surface area contributed by atoms with Crippen molar-refractivity contribution in [2.24, 2.45) is 0 Å². The maximum atomic E-state index is 5.26. The summed E-state index contributed by atoms with van der Waals surface area (Å²) in [6, 6.07) is 6.26. The van der Waals surface area contributed by atoms with Gasteiger partial charge in [-0.1, -0.05) is 0 Å². The van der Waals surface area contributed by atoms with Gasteiger partial charge in [0.1, 0.15) is 5.75 Å². The molecule has 13 heavy (non-hydrogen) atoms. The third-order valence-electron chi connectivity index (χ3n) is 2.04. The third kappa shape index (κ3) is 1.35. The van der Waals surface area contributed by atoms with Gasteiger partial charge in [0.15, 0.2) is 0 Å². The zero-order chi connectivity index (χ0) is 9.26. The fraction of sp³-hybridized carbons (Fsp3) is 0.200. The molecule has 0 aliphatic heterocycles. The summed E-state index contributed by atoms with van der Waals surface area (Å²) in [5.41, 5.74) is 1.04. The van der Waals surface area contributed by atoms with Crippen molar-refractivity contribution in [3.05, 3.63) is 23.6 Å². The molecule has 68 valence electrons. The molecular weight excluding hydrogens is 182 g/mol. The second kappa shape index (κ2) is 3.26. The van der Waals surface area contributed by atoms with E-state index in [-0.39, 0.29) is 0 Å². The predicted molar refractivity (Wildman–Crippen MR) is 57.9 cm³/mol. The standard InChI is InChI=1S/C10H11NOS/c1-11-8-6-10-7(3-4-13-10)5-9(8)12-2/h3-6,11H,1-2H3. The van der Waals surface area contributed by atoms with Crippen LogP contribution in [0.2, 0.25) is 0 Å². The highest BCUT2D eigenvalue weighted by atomic mass is 32.1. The number of nitrogens with one attached hydrogen (secondary N) is 1. The SMILES string of the molecule is CNc1cc2sccc2cc1OC. The summed E-state index contributed by atoms with van der Waals surface area (Å²) in [5, 5.41) is 6.43. The smallest absolute Gasteiger partial charge is 0.142 e. The molecule has 1 N–H and O–H groups in total. The first kappa shape index (κ1) is 8.38. The molecule has 2 rings (SSSR count). The topological polar surface area (TPSA) is 21.3 Å². The van der Waals surface area contributed by atoms with Crippen molar-refractivity contribution in [1.29, 1.82) is 0 Å². The minimum Gasteiger partial charge on any atom is -0.495 e. The largest absolute Gasteiger partial charge is 0.495 e. The van der Waals surface area contributed by atoms with Crippen LogP contribution in [0.3, 0.4) is 0 Å². The van der Waals surface area contributed by atoms with Gasteiger partial charge in [0, 0.05) is 11.7 Å². The minimum absolute atomic E-state index is 0.897. The molecule has 0 bridgehead atoms. The molecule has 2 nitrogen and oxygen atoms in total. The number of anilines is 1. The molecule has 0 unspecified atom stereocenters. The predicted octanol–water partition coefficient (Wildman–Crippen LogP) is 2.95. The second-order valence-corrected chi connectivity index (χ2v) is 3.71. The molecule has 0 saturated carbocycles. The Kier molecular flexibility index (Phi) is 2.10. The van der Waals surface area contributed by atoms with Gasteiger partial charge in [0.25, 0.3) is 0 Å². The van der Waals surface area contributed by atoms with Crippen LogP contribution in [0, 0.1) is 0 Å². The number of rotatable bonds is 2. The van der Waals surface area contributed by atoms with E-state index in [1.165, 1.54) is 10.1 Å². The van der Waals surface area contributed by atoms with Gasteiger partial charge in [-0.2, -0.15) is 0 Å². The Morgan fingerprint density at radius 2 is 2.23 bits per heavy atom. The molecule has 0 aliphatic rings. The van der Waals surface area contributed by atoms with Crippen molar-refractivity contribution in [1.82, 2.24) is 0 Å². The molecule has 1 aromatic carbocycles. The number of fused-ring (bicyclic) bond motifs is 1. The van der Waals surface area contributed by atoms with E-state index in [1.807, 2.05) is 7.05 Å². The molecule has 1 heterocycles. The first-order valence-corrected chi connectivity index (χ1v) is 4.96. The van der Waals surface area contributed by atoms with Crippen molar-refractivity contribution in [3.8, 4) is 5.75 Å². The molecule has 0 amide bonds. The summed E-state index contributed by atoms with van der Waals surface area (Å²) in [7, 11) is 3.59. The monoisotopic (exact) mass is 193 g/mol. The summed E-state index contributed by atoms with van der Waals surface area (Å²) < 4.78 is 6.54. The lowest BCUT2D eigenvalue weighted by atomic mass is 10.2. The maximum Gasteiger partial charge on any atom is 0.142 e. The Labute approximate surface area is 81.1 Å². The highest BCUT2D eigenvalue weighted by molar-refractivity contribution is 7.17. The number of benzene rings is 1. The number of methoxy groups -OCH3 is 1. The Morgan fingerprint density at radius 3 is 2.92 bits per heavy atom. The van der Waals surface area contributed by atoms with Crippen LogP contribution in [0.5, 0.6) is 5.75 Å². The quantitative estimate of drug-likeness (QED) is 0.791. The van der Waals surface area contributed by atoms with Crippen LogP contribution >= 0.6 is 11.3 Å². The van der Waals surface area contributed by atoms with E-state index in [0.29, 0.717) is 0 Å². The van der Waals surface area contributed by atoms with E-state index in [1.54, 1.807) is 18.4 Å². The average molecular weight is 193 g/mol. The fourth-order valence-electron chi connectivity index (χ4n) is 1.35. The van der Waals surface area contributed by atoms with Crippen LogP contribution in [-0.4, -0.2) is 14.2 Å². The zero-order valence-corrected chi connectivity index (χ0v) is 8.44. The van der Waals surface area contributed by atoms with Gasteiger partial charge in [-0.3, -0.25) is 0 Å². The molecule has 0 radical (unpaired) electrons. The summed E-state index contributed by atoms with van der Waals surface area (Å²) in [6.45, 7) is 0. The van der Waals surface area contributed by atoms with E-state index in [2.05, 4.69) is 28.9 Å². The van der Waals surface area contributed by atoms with Gasteiger partial charge in [-0.15, -0.1) is 11.3 Å². The normalized spacial score (nSPS) is 10.3. The van der Waals surface area contributed by atoms with E-state index in [0.717, 1.165) is 11.4 Å². The molecular formula is C10H11NOS. The zero-order valence-electron chi connectivity index (χ0n) is 7.63. The van der Waals surface area contributed by atoms with Crippen molar-refractivity contribution in [2.75, 3.05) is 19.5 Å².